The van der Waals surface area contributed by atoms with Crippen LogP contribution in [-0.4, -0.2) is 33.7 Å². The highest BCUT2D eigenvalue weighted by atomic mass is 32.2. The molecular formula is C11H18N4OS2. The largest absolute Gasteiger partial charge is 0.320 e. The second-order valence-electron chi connectivity index (χ2n) is 4.27. The molecular weight excluding hydrogens is 268 g/mol. The van der Waals surface area contributed by atoms with Crippen molar-refractivity contribution in [1.82, 2.24) is 9.78 Å². The number of hydrogen-bond donors (Lipinski definition) is 2. The molecule has 1 aromatic heterocycles. The summed E-state index contributed by atoms with van der Waals surface area (Å²) in [7, 11) is 1.85. The maximum Gasteiger partial charge on any atom is 0.242 e. The summed E-state index contributed by atoms with van der Waals surface area (Å²) in [4.78, 5) is 12.0. The average Bonchev–Trinajstić information content (AvgIpc) is 2.89. The van der Waals surface area contributed by atoms with Gasteiger partial charge in [-0.2, -0.15) is 28.6 Å². The van der Waals surface area contributed by atoms with Crippen LogP contribution in [0.1, 0.15) is 17.7 Å². The van der Waals surface area contributed by atoms with E-state index >= 15 is 0 Å². The van der Waals surface area contributed by atoms with Gasteiger partial charge in [0.15, 0.2) is 0 Å². The molecule has 2 heterocycles. The fourth-order valence-corrected chi connectivity index (χ4v) is 3.41. The van der Waals surface area contributed by atoms with Crippen LogP contribution < -0.4 is 11.1 Å². The summed E-state index contributed by atoms with van der Waals surface area (Å²) in [6, 6.07) is -0.447. The lowest BCUT2D eigenvalue weighted by molar-refractivity contribution is -0.117. The molecule has 100 valence electrons. The van der Waals surface area contributed by atoms with Gasteiger partial charge in [-0.05, 0) is 18.4 Å². The van der Waals surface area contributed by atoms with Crippen LogP contribution in [0.15, 0.2) is 0 Å². The van der Waals surface area contributed by atoms with Crippen LogP contribution in [0.5, 0.6) is 0 Å². The third kappa shape index (κ3) is 2.84. The summed E-state index contributed by atoms with van der Waals surface area (Å²) in [5.41, 5.74) is 8.08. The van der Waals surface area contributed by atoms with E-state index < -0.39 is 6.04 Å². The summed E-state index contributed by atoms with van der Waals surface area (Å²) < 4.78 is 1.74. The zero-order chi connectivity index (χ0) is 13.1. The number of carbonyl (C=O) groups is 1. The number of hydrogen-bond acceptors (Lipinski definition) is 5. The van der Waals surface area contributed by atoms with Gasteiger partial charge in [-0.1, -0.05) is 0 Å². The first kappa shape index (κ1) is 13.8. The van der Waals surface area contributed by atoms with Gasteiger partial charge in [0.2, 0.25) is 5.91 Å². The molecule has 0 saturated heterocycles. The summed E-state index contributed by atoms with van der Waals surface area (Å²) >= 11 is 3.52. The Hall–Kier alpha value is -0.660. The molecule has 1 aliphatic rings. The Morgan fingerprint density at radius 1 is 1.67 bits per heavy atom. The highest BCUT2D eigenvalue weighted by Crippen LogP contribution is 2.34. The summed E-state index contributed by atoms with van der Waals surface area (Å²) in [6.07, 6.45) is 2.71. The zero-order valence-corrected chi connectivity index (χ0v) is 12.2. The first-order chi connectivity index (χ1) is 8.63. The summed E-state index contributed by atoms with van der Waals surface area (Å²) in [5, 5.41) is 7.32. The standard InChI is InChI=1S/C11H18N4OS2/c1-15-10(7-5-18-6-9(7)14-15)13-11(16)8(12)3-4-17-2/h8H,3-6,12H2,1-2H3,(H,13,16)/t8-/m0/s1. The molecule has 0 radical (unpaired) electrons. The Balaban J connectivity index is 2.03. The Kier molecular flexibility index (Phi) is 4.58. The molecule has 0 saturated carbocycles. The van der Waals surface area contributed by atoms with Crippen molar-refractivity contribution in [2.45, 2.75) is 24.0 Å². The van der Waals surface area contributed by atoms with Crippen LogP contribution in [-0.2, 0) is 23.3 Å². The van der Waals surface area contributed by atoms with Crippen molar-refractivity contribution in [1.29, 1.82) is 0 Å². The number of rotatable bonds is 5. The number of anilines is 1. The first-order valence-electron chi connectivity index (χ1n) is 5.81. The van der Waals surface area contributed by atoms with Crippen molar-refractivity contribution in [3.63, 3.8) is 0 Å². The monoisotopic (exact) mass is 286 g/mol. The molecule has 18 heavy (non-hydrogen) atoms. The van der Waals surface area contributed by atoms with Crippen molar-refractivity contribution in [3.8, 4) is 0 Å². The second-order valence-corrected chi connectivity index (χ2v) is 6.24. The molecule has 1 amide bonds. The van der Waals surface area contributed by atoms with E-state index in [1.165, 1.54) is 0 Å². The highest BCUT2D eigenvalue weighted by molar-refractivity contribution is 7.98. The van der Waals surface area contributed by atoms with Gasteiger partial charge in [0.25, 0.3) is 0 Å². The van der Waals surface area contributed by atoms with Crippen molar-refractivity contribution >= 4 is 35.2 Å². The fraction of sp³-hybridized carbons (Fsp3) is 0.636. The van der Waals surface area contributed by atoms with Crippen LogP contribution in [0.25, 0.3) is 0 Å². The van der Waals surface area contributed by atoms with Gasteiger partial charge < -0.3 is 11.1 Å². The fourth-order valence-electron chi connectivity index (χ4n) is 1.88. The number of fused-ring (bicyclic) bond motifs is 1. The molecule has 7 heteroatoms. The Morgan fingerprint density at radius 2 is 2.44 bits per heavy atom. The minimum Gasteiger partial charge on any atom is -0.320 e. The maximum absolute atomic E-state index is 12.0. The van der Waals surface area contributed by atoms with E-state index in [1.54, 1.807) is 16.4 Å². The lowest BCUT2D eigenvalue weighted by Crippen LogP contribution is -2.36. The first-order valence-corrected chi connectivity index (χ1v) is 8.36. The van der Waals surface area contributed by atoms with E-state index in [4.69, 9.17) is 5.73 Å². The summed E-state index contributed by atoms with van der Waals surface area (Å²) in [6.45, 7) is 0. The van der Waals surface area contributed by atoms with Crippen LogP contribution in [0.3, 0.4) is 0 Å². The van der Waals surface area contributed by atoms with Gasteiger partial charge in [0.1, 0.15) is 5.82 Å². The smallest absolute Gasteiger partial charge is 0.242 e. The number of nitrogens with one attached hydrogen (secondary N) is 1. The molecule has 1 atom stereocenters. The number of nitrogens with zero attached hydrogens (tertiary/aromatic N) is 2. The van der Waals surface area contributed by atoms with Gasteiger partial charge in [-0.15, -0.1) is 0 Å². The maximum atomic E-state index is 12.0. The molecule has 1 aliphatic heterocycles. The van der Waals surface area contributed by atoms with Crippen LogP contribution >= 0.6 is 23.5 Å². The number of carbonyl (C=O) groups excluding carboxylic acids is 1. The van der Waals surface area contributed by atoms with Gasteiger partial charge >= 0.3 is 0 Å². The lowest BCUT2D eigenvalue weighted by Gasteiger charge is -2.12. The highest BCUT2D eigenvalue weighted by Gasteiger charge is 2.23. The van der Waals surface area contributed by atoms with Crippen LogP contribution in [0.4, 0.5) is 5.82 Å². The molecule has 0 bridgehead atoms. The van der Waals surface area contributed by atoms with E-state index in [0.717, 1.165) is 34.3 Å². The minimum absolute atomic E-state index is 0.119. The number of amides is 1. The van der Waals surface area contributed by atoms with Gasteiger partial charge in [-0.25, -0.2) is 0 Å². The number of thioether (sulfide) groups is 2. The molecule has 0 fully saturated rings. The summed E-state index contributed by atoms with van der Waals surface area (Å²) in [5.74, 6) is 3.43. The van der Waals surface area contributed by atoms with E-state index in [1.807, 2.05) is 25.1 Å². The quantitative estimate of drug-likeness (QED) is 0.850. The molecule has 3 N–H and O–H groups in total. The predicted octanol–water partition coefficient (Wildman–Crippen LogP) is 1.19. The zero-order valence-electron chi connectivity index (χ0n) is 10.6. The topological polar surface area (TPSA) is 72.9 Å². The number of nitrogens with two attached hydrogens (primary N) is 1. The second kappa shape index (κ2) is 5.99. The Bertz CT molecular complexity index is 446. The third-order valence-corrected chi connectivity index (χ3v) is 4.54. The molecule has 2 rings (SSSR count). The van der Waals surface area contributed by atoms with E-state index in [0.29, 0.717) is 6.42 Å². The number of aryl methyl sites for hydroxylation is 1. The van der Waals surface area contributed by atoms with Crippen LogP contribution in [0.2, 0.25) is 0 Å². The lowest BCUT2D eigenvalue weighted by atomic mass is 10.2. The molecule has 0 unspecified atom stereocenters. The number of aromatic nitrogens is 2. The van der Waals surface area contributed by atoms with Crippen molar-refractivity contribution in [3.05, 3.63) is 11.3 Å². The van der Waals surface area contributed by atoms with Crippen molar-refractivity contribution in [2.75, 3.05) is 17.3 Å². The van der Waals surface area contributed by atoms with E-state index in [2.05, 4.69) is 10.4 Å². The van der Waals surface area contributed by atoms with Gasteiger partial charge in [-0.3, -0.25) is 9.48 Å². The van der Waals surface area contributed by atoms with Gasteiger partial charge in [0, 0.05) is 24.1 Å². The van der Waals surface area contributed by atoms with E-state index in [-0.39, 0.29) is 5.91 Å². The molecule has 5 nitrogen and oxygen atoms in total. The molecule has 0 aromatic carbocycles. The Morgan fingerprint density at radius 3 is 3.17 bits per heavy atom. The SMILES string of the molecule is CSCC[C@H](N)C(=O)Nc1c2c(nn1C)CSC2. The van der Waals surface area contributed by atoms with Gasteiger partial charge in [0.05, 0.1) is 11.7 Å². The molecule has 0 spiro atoms. The Labute approximate surface area is 115 Å². The average molecular weight is 286 g/mol. The minimum atomic E-state index is -0.447. The normalized spacial score (nSPS) is 15.5. The van der Waals surface area contributed by atoms with Crippen molar-refractivity contribution in [2.24, 2.45) is 12.8 Å². The third-order valence-electron chi connectivity index (χ3n) is 2.93. The molecule has 1 aromatic rings. The van der Waals surface area contributed by atoms with Crippen LogP contribution in [0, 0.1) is 0 Å². The van der Waals surface area contributed by atoms with E-state index in [9.17, 15) is 4.79 Å². The van der Waals surface area contributed by atoms with Crippen molar-refractivity contribution < 1.29 is 4.79 Å². The molecule has 0 aliphatic carbocycles. The predicted molar refractivity (Wildman–Crippen MR) is 77.8 cm³/mol.